The lowest BCUT2D eigenvalue weighted by Gasteiger charge is -2.33. The highest BCUT2D eigenvalue weighted by molar-refractivity contribution is 5.71. The third-order valence-corrected chi connectivity index (χ3v) is 2.85. The van der Waals surface area contributed by atoms with E-state index in [1.54, 1.807) is 24.0 Å². The Bertz CT molecular complexity index is 421. The Morgan fingerprint density at radius 3 is 2.67 bits per heavy atom. The number of anilines is 1. The van der Waals surface area contributed by atoms with Crippen LogP contribution in [0.15, 0.2) is 16.5 Å². The van der Waals surface area contributed by atoms with E-state index in [1.807, 2.05) is 4.90 Å². The number of carbonyl (C=O) groups excluding carboxylic acids is 2. The van der Waals surface area contributed by atoms with Crippen molar-refractivity contribution in [3.63, 3.8) is 0 Å². The fourth-order valence-corrected chi connectivity index (χ4v) is 1.90. The van der Waals surface area contributed by atoms with E-state index in [4.69, 9.17) is 9.15 Å². The molecule has 6 nitrogen and oxygen atoms in total. The van der Waals surface area contributed by atoms with E-state index in [-0.39, 0.29) is 6.09 Å². The number of aldehydes is 1. The van der Waals surface area contributed by atoms with Crippen LogP contribution in [0.5, 0.6) is 0 Å². The zero-order valence-corrected chi connectivity index (χ0v) is 10.3. The van der Waals surface area contributed by atoms with Crippen LogP contribution in [-0.2, 0) is 4.74 Å². The highest BCUT2D eigenvalue weighted by Crippen LogP contribution is 2.19. The van der Waals surface area contributed by atoms with Crippen molar-refractivity contribution in [1.82, 2.24) is 4.90 Å². The SMILES string of the molecule is CCOC(=O)N1CCN(c2ccc(C=O)o2)CC1. The maximum atomic E-state index is 11.5. The number of hydrogen-bond donors (Lipinski definition) is 0. The number of amides is 1. The lowest BCUT2D eigenvalue weighted by Crippen LogP contribution is -2.48. The molecule has 1 saturated heterocycles. The van der Waals surface area contributed by atoms with Crippen molar-refractivity contribution in [1.29, 1.82) is 0 Å². The molecule has 1 amide bonds. The summed E-state index contributed by atoms with van der Waals surface area (Å²) < 4.78 is 10.3. The molecule has 1 aliphatic rings. The van der Waals surface area contributed by atoms with E-state index in [1.165, 1.54) is 0 Å². The number of hydrogen-bond acceptors (Lipinski definition) is 5. The predicted octanol–water partition coefficient (Wildman–Crippen LogP) is 1.37. The minimum Gasteiger partial charge on any atom is -0.450 e. The Labute approximate surface area is 105 Å². The van der Waals surface area contributed by atoms with Gasteiger partial charge in [0.2, 0.25) is 0 Å². The largest absolute Gasteiger partial charge is 0.450 e. The van der Waals surface area contributed by atoms with E-state index in [2.05, 4.69) is 0 Å². The molecule has 2 heterocycles. The quantitative estimate of drug-likeness (QED) is 0.760. The van der Waals surface area contributed by atoms with Gasteiger partial charge in [-0.25, -0.2) is 4.79 Å². The van der Waals surface area contributed by atoms with Crippen molar-refractivity contribution in [2.24, 2.45) is 0 Å². The van der Waals surface area contributed by atoms with Gasteiger partial charge in [0.25, 0.3) is 0 Å². The number of ether oxygens (including phenoxy) is 1. The number of carbonyl (C=O) groups is 2. The second kappa shape index (κ2) is 5.57. The second-order valence-corrected chi connectivity index (χ2v) is 3.97. The Hall–Kier alpha value is -1.98. The smallest absolute Gasteiger partial charge is 0.409 e. The van der Waals surface area contributed by atoms with Crippen LogP contribution >= 0.6 is 0 Å². The fraction of sp³-hybridized carbons (Fsp3) is 0.500. The van der Waals surface area contributed by atoms with Crippen LogP contribution in [0.1, 0.15) is 17.5 Å². The van der Waals surface area contributed by atoms with Crippen LogP contribution in [0.2, 0.25) is 0 Å². The Kier molecular flexibility index (Phi) is 3.86. The minimum absolute atomic E-state index is 0.273. The Balaban J connectivity index is 1.90. The van der Waals surface area contributed by atoms with Crippen LogP contribution in [-0.4, -0.2) is 50.1 Å². The van der Waals surface area contributed by atoms with Crippen molar-refractivity contribution < 1.29 is 18.7 Å². The van der Waals surface area contributed by atoms with Crippen molar-refractivity contribution in [3.05, 3.63) is 17.9 Å². The van der Waals surface area contributed by atoms with E-state index in [0.29, 0.717) is 50.7 Å². The average Bonchev–Trinajstić information content (AvgIpc) is 2.88. The lowest BCUT2D eigenvalue weighted by atomic mass is 10.3. The summed E-state index contributed by atoms with van der Waals surface area (Å²) in [7, 11) is 0. The summed E-state index contributed by atoms with van der Waals surface area (Å²) in [5.74, 6) is 0.985. The molecule has 0 unspecified atom stereocenters. The van der Waals surface area contributed by atoms with Gasteiger partial charge in [0.1, 0.15) is 0 Å². The van der Waals surface area contributed by atoms with Crippen molar-refractivity contribution >= 4 is 18.3 Å². The number of nitrogens with zero attached hydrogens (tertiary/aromatic N) is 2. The number of rotatable bonds is 3. The van der Waals surface area contributed by atoms with Crippen LogP contribution < -0.4 is 4.90 Å². The van der Waals surface area contributed by atoms with E-state index in [0.717, 1.165) is 0 Å². The maximum Gasteiger partial charge on any atom is 0.409 e. The third-order valence-electron chi connectivity index (χ3n) is 2.85. The van der Waals surface area contributed by atoms with Gasteiger partial charge in [0, 0.05) is 32.2 Å². The van der Waals surface area contributed by atoms with Crippen LogP contribution in [0.4, 0.5) is 10.7 Å². The molecule has 1 aromatic heterocycles. The van der Waals surface area contributed by atoms with Gasteiger partial charge in [-0.15, -0.1) is 0 Å². The van der Waals surface area contributed by atoms with Crippen molar-refractivity contribution in [2.45, 2.75) is 6.92 Å². The molecule has 0 aromatic carbocycles. The van der Waals surface area contributed by atoms with Gasteiger partial charge >= 0.3 is 6.09 Å². The molecule has 0 bridgehead atoms. The molecule has 1 fully saturated rings. The molecule has 1 aliphatic heterocycles. The monoisotopic (exact) mass is 252 g/mol. The first-order valence-corrected chi connectivity index (χ1v) is 5.96. The van der Waals surface area contributed by atoms with Crippen LogP contribution in [0, 0.1) is 0 Å². The molecule has 0 atom stereocenters. The summed E-state index contributed by atoms with van der Waals surface area (Å²) in [6.07, 6.45) is 0.406. The summed E-state index contributed by atoms with van der Waals surface area (Å²) in [5, 5.41) is 0. The molecule has 2 rings (SSSR count). The van der Waals surface area contributed by atoms with Gasteiger partial charge in [0.05, 0.1) is 6.61 Å². The molecular weight excluding hydrogens is 236 g/mol. The zero-order chi connectivity index (χ0) is 13.0. The number of piperazine rings is 1. The normalized spacial score (nSPS) is 15.6. The summed E-state index contributed by atoms with van der Waals surface area (Å²) in [6, 6.07) is 3.41. The molecule has 0 radical (unpaired) electrons. The molecule has 0 aliphatic carbocycles. The lowest BCUT2D eigenvalue weighted by molar-refractivity contribution is 0.104. The number of furan rings is 1. The molecular formula is C12H16N2O4. The van der Waals surface area contributed by atoms with Gasteiger partial charge in [-0.05, 0) is 13.0 Å². The molecule has 1 aromatic rings. The average molecular weight is 252 g/mol. The van der Waals surface area contributed by atoms with Gasteiger partial charge in [0.15, 0.2) is 17.9 Å². The standard InChI is InChI=1S/C12H16N2O4/c1-2-17-12(16)14-7-5-13(6-8-14)11-4-3-10(9-15)18-11/h3-4,9H,2,5-8H2,1H3. The highest BCUT2D eigenvalue weighted by Gasteiger charge is 2.23. The molecule has 6 heteroatoms. The zero-order valence-electron chi connectivity index (χ0n) is 10.3. The molecule has 0 saturated carbocycles. The summed E-state index contributed by atoms with van der Waals surface area (Å²) in [4.78, 5) is 25.7. The Morgan fingerprint density at radius 2 is 2.11 bits per heavy atom. The molecule has 0 N–H and O–H groups in total. The first-order valence-electron chi connectivity index (χ1n) is 5.96. The first kappa shape index (κ1) is 12.5. The third kappa shape index (κ3) is 2.64. The topological polar surface area (TPSA) is 63.0 Å². The highest BCUT2D eigenvalue weighted by atomic mass is 16.6. The summed E-state index contributed by atoms with van der Waals surface area (Å²) in [5.41, 5.74) is 0. The molecule has 0 spiro atoms. The fourth-order valence-electron chi connectivity index (χ4n) is 1.90. The van der Waals surface area contributed by atoms with Gasteiger partial charge in [-0.3, -0.25) is 4.79 Å². The van der Waals surface area contributed by atoms with Gasteiger partial charge < -0.3 is 19.0 Å². The van der Waals surface area contributed by atoms with Gasteiger partial charge in [-0.2, -0.15) is 0 Å². The van der Waals surface area contributed by atoms with Crippen LogP contribution in [0.25, 0.3) is 0 Å². The van der Waals surface area contributed by atoms with Crippen molar-refractivity contribution in [3.8, 4) is 0 Å². The maximum absolute atomic E-state index is 11.5. The van der Waals surface area contributed by atoms with E-state index in [9.17, 15) is 9.59 Å². The predicted molar refractivity (Wildman–Crippen MR) is 64.9 cm³/mol. The molecule has 98 valence electrons. The van der Waals surface area contributed by atoms with Crippen LogP contribution in [0.3, 0.4) is 0 Å². The van der Waals surface area contributed by atoms with Crippen molar-refractivity contribution in [2.75, 3.05) is 37.7 Å². The molecule has 18 heavy (non-hydrogen) atoms. The summed E-state index contributed by atoms with van der Waals surface area (Å²) >= 11 is 0. The Morgan fingerprint density at radius 1 is 1.39 bits per heavy atom. The first-order chi connectivity index (χ1) is 8.74. The van der Waals surface area contributed by atoms with Gasteiger partial charge in [-0.1, -0.05) is 0 Å². The summed E-state index contributed by atoms with van der Waals surface area (Å²) in [6.45, 7) is 4.71. The second-order valence-electron chi connectivity index (χ2n) is 3.97. The van der Waals surface area contributed by atoms with E-state index >= 15 is 0 Å². The minimum atomic E-state index is -0.273. The van der Waals surface area contributed by atoms with E-state index < -0.39 is 0 Å².